The molecule has 3 aromatic carbocycles. The van der Waals surface area contributed by atoms with Crippen LogP contribution in [0.3, 0.4) is 0 Å². The molecule has 0 fully saturated rings. The van der Waals surface area contributed by atoms with Gasteiger partial charge in [0.1, 0.15) is 0 Å². The van der Waals surface area contributed by atoms with Gasteiger partial charge in [-0.15, -0.1) is 0 Å². The molecule has 4 rings (SSSR count). The van der Waals surface area contributed by atoms with Crippen LogP contribution in [0.25, 0.3) is 0 Å². The zero-order valence-electron chi connectivity index (χ0n) is 16.2. The molecule has 1 heterocycles. The van der Waals surface area contributed by atoms with Gasteiger partial charge < -0.3 is 5.32 Å². The second kappa shape index (κ2) is 7.36. The van der Waals surface area contributed by atoms with E-state index in [9.17, 15) is 14.4 Å². The van der Waals surface area contributed by atoms with E-state index in [1.807, 2.05) is 12.1 Å². The zero-order valence-corrected chi connectivity index (χ0v) is 16.2. The molecule has 0 radical (unpaired) electrons. The van der Waals surface area contributed by atoms with Gasteiger partial charge in [-0.1, -0.05) is 42.0 Å². The van der Waals surface area contributed by atoms with Gasteiger partial charge in [0, 0.05) is 14.0 Å². The van der Waals surface area contributed by atoms with Gasteiger partial charge in [0.15, 0.2) is 0 Å². The third kappa shape index (κ3) is 3.43. The summed E-state index contributed by atoms with van der Waals surface area (Å²) in [5.41, 5.74) is 4.94. The normalized spacial score (nSPS) is 12.8. The smallest absolute Gasteiger partial charge is 0.266 e. The van der Waals surface area contributed by atoms with E-state index in [2.05, 4.69) is 36.5 Å². The third-order valence-corrected chi connectivity index (χ3v) is 5.10. The second-order valence-corrected chi connectivity index (χ2v) is 7.11. The summed E-state index contributed by atoms with van der Waals surface area (Å²) in [5, 5.41) is 2.52. The Morgan fingerprint density at radius 2 is 1.45 bits per heavy atom. The topological polar surface area (TPSA) is 66.5 Å². The molecule has 0 aromatic heterocycles. The molecule has 3 aromatic rings. The van der Waals surface area contributed by atoms with Crippen molar-refractivity contribution < 1.29 is 15.8 Å². The van der Waals surface area contributed by atoms with E-state index in [1.165, 1.54) is 30.3 Å². The second-order valence-electron chi connectivity index (χ2n) is 7.11. The van der Waals surface area contributed by atoms with Crippen molar-refractivity contribution in [2.24, 2.45) is 0 Å². The van der Waals surface area contributed by atoms with E-state index in [4.69, 9.17) is 0 Å². The van der Waals surface area contributed by atoms with Crippen LogP contribution in [0.5, 0.6) is 0 Å². The van der Waals surface area contributed by atoms with Crippen LogP contribution >= 0.6 is 0 Å². The zero-order chi connectivity index (χ0) is 20.5. The molecule has 1 aliphatic rings. The predicted molar refractivity (Wildman–Crippen MR) is 114 cm³/mol. The number of rotatable bonds is 4. The van der Waals surface area contributed by atoms with Gasteiger partial charge in [-0.05, 0) is 54.8 Å². The summed E-state index contributed by atoms with van der Waals surface area (Å²) in [6, 6.07) is 20.3. The molecule has 5 nitrogen and oxygen atoms in total. The molecule has 0 spiro atoms. The summed E-state index contributed by atoms with van der Waals surface area (Å²) < 4.78 is 0. The summed E-state index contributed by atoms with van der Waals surface area (Å²) in [6.07, 6.45) is 0.776. The van der Waals surface area contributed by atoms with Crippen molar-refractivity contribution in [1.29, 1.82) is 0 Å². The van der Waals surface area contributed by atoms with Gasteiger partial charge in [0.2, 0.25) is 0 Å². The van der Waals surface area contributed by atoms with Crippen molar-refractivity contribution in [3.63, 3.8) is 0 Å². The Balaban J connectivity index is 0.00000256. The Morgan fingerprint density at radius 3 is 2.07 bits per heavy atom. The highest BCUT2D eigenvalue weighted by Crippen LogP contribution is 2.29. The minimum atomic E-state index is -0.415. The number of carbonyl (C=O) groups is 3. The average Bonchev–Trinajstić information content (AvgIpc) is 2.99. The van der Waals surface area contributed by atoms with Crippen molar-refractivity contribution in [2.75, 3.05) is 11.9 Å². The predicted octanol–water partition coefficient (Wildman–Crippen LogP) is 3.99. The molecular formula is C24H22N2O3. The lowest BCUT2D eigenvalue weighted by molar-refractivity contribution is 0.0924. The number of amides is 3. The summed E-state index contributed by atoms with van der Waals surface area (Å²) in [6.45, 7) is 2.05. The van der Waals surface area contributed by atoms with Crippen molar-refractivity contribution in [3.05, 3.63) is 100 Å². The van der Waals surface area contributed by atoms with E-state index >= 15 is 0 Å². The van der Waals surface area contributed by atoms with E-state index < -0.39 is 5.91 Å². The van der Waals surface area contributed by atoms with Crippen LogP contribution in [-0.2, 0) is 6.42 Å². The van der Waals surface area contributed by atoms with Gasteiger partial charge in [0.25, 0.3) is 17.7 Å². The Hall–Kier alpha value is -3.73. The first-order valence-corrected chi connectivity index (χ1v) is 9.37. The van der Waals surface area contributed by atoms with Gasteiger partial charge in [-0.3, -0.25) is 14.4 Å². The molecule has 0 aliphatic carbocycles. The first-order valence-electron chi connectivity index (χ1n) is 9.37. The lowest BCUT2D eigenvalue weighted by atomic mass is 10.0. The van der Waals surface area contributed by atoms with E-state index in [1.54, 1.807) is 18.2 Å². The van der Waals surface area contributed by atoms with Gasteiger partial charge in [-0.25, -0.2) is 4.90 Å². The fourth-order valence-corrected chi connectivity index (χ4v) is 3.47. The van der Waals surface area contributed by atoms with Crippen LogP contribution in [0.4, 0.5) is 5.69 Å². The maximum atomic E-state index is 12.9. The molecule has 29 heavy (non-hydrogen) atoms. The summed E-state index contributed by atoms with van der Waals surface area (Å²) in [4.78, 5) is 38.6. The minimum Gasteiger partial charge on any atom is -0.355 e. The first-order chi connectivity index (χ1) is 14.0. The quantitative estimate of drug-likeness (QED) is 0.690. The molecule has 0 unspecified atom stereocenters. The first kappa shape index (κ1) is 18.6. The number of nitrogens with zero attached hydrogens (tertiary/aromatic N) is 1. The molecule has 0 saturated heterocycles. The van der Waals surface area contributed by atoms with Crippen molar-refractivity contribution in [3.8, 4) is 0 Å². The fraction of sp³-hybridized carbons (Fsp3) is 0.125. The van der Waals surface area contributed by atoms with Gasteiger partial charge >= 0.3 is 0 Å². The average molecular weight is 386 g/mol. The van der Waals surface area contributed by atoms with Gasteiger partial charge in [0.05, 0.1) is 16.8 Å². The van der Waals surface area contributed by atoms with E-state index in [-0.39, 0.29) is 18.8 Å². The maximum absolute atomic E-state index is 12.9. The maximum Gasteiger partial charge on any atom is 0.266 e. The van der Waals surface area contributed by atoms with Crippen LogP contribution in [0.1, 0.15) is 49.2 Å². The largest absolute Gasteiger partial charge is 0.355 e. The highest BCUT2D eigenvalue weighted by Gasteiger charge is 2.37. The van der Waals surface area contributed by atoms with Crippen LogP contribution in [-0.4, -0.2) is 24.8 Å². The van der Waals surface area contributed by atoms with Crippen molar-refractivity contribution in [1.82, 2.24) is 5.32 Å². The number of imide groups is 1. The third-order valence-electron chi connectivity index (χ3n) is 5.10. The summed E-state index contributed by atoms with van der Waals surface area (Å²) in [5.74, 6) is -1.09. The Morgan fingerprint density at radius 1 is 0.862 bits per heavy atom. The Labute approximate surface area is 170 Å². The number of hydrogen-bond donors (Lipinski definition) is 1. The minimum absolute atomic E-state index is 0. The Kier molecular flexibility index (Phi) is 4.72. The molecule has 0 atom stereocenters. The number of hydrogen-bond acceptors (Lipinski definition) is 3. The number of carbonyl (C=O) groups excluding carboxylic acids is 3. The lowest BCUT2D eigenvalue weighted by Gasteiger charge is -2.14. The SMILES string of the molecule is CNC(=O)c1ccc2c(c1)C(=O)N(c1ccc(Cc3ccc(C)cc3)cc1)C2=O.[HH]. The standard InChI is InChI=1S/C24H20N2O3.H2/c1-15-3-5-16(6-4-15)13-17-7-10-19(11-8-17)26-23(28)20-12-9-18(22(27)25-2)14-21(20)24(26)29;/h3-12,14H,13H2,1-2H3,(H,25,27);1H. The lowest BCUT2D eigenvalue weighted by Crippen LogP contribution is -2.29. The number of fused-ring (bicyclic) bond motifs is 1. The fourth-order valence-electron chi connectivity index (χ4n) is 3.47. The van der Waals surface area contributed by atoms with Crippen LogP contribution in [0.2, 0.25) is 0 Å². The highest BCUT2D eigenvalue weighted by molar-refractivity contribution is 6.34. The van der Waals surface area contributed by atoms with Crippen LogP contribution < -0.4 is 10.2 Å². The molecule has 5 heteroatoms. The molecule has 0 saturated carbocycles. The van der Waals surface area contributed by atoms with Crippen LogP contribution in [0.15, 0.2) is 66.7 Å². The highest BCUT2D eigenvalue weighted by atomic mass is 16.2. The van der Waals surface area contributed by atoms with Gasteiger partial charge in [-0.2, -0.15) is 0 Å². The molecule has 3 amide bonds. The molecule has 146 valence electrons. The number of anilines is 1. The summed E-state index contributed by atoms with van der Waals surface area (Å²) in [7, 11) is 1.52. The molecule has 1 N–H and O–H groups in total. The van der Waals surface area contributed by atoms with Crippen molar-refractivity contribution >= 4 is 23.4 Å². The molecular weight excluding hydrogens is 364 g/mol. The summed E-state index contributed by atoms with van der Waals surface area (Å²) >= 11 is 0. The number of nitrogens with one attached hydrogen (secondary N) is 1. The van der Waals surface area contributed by atoms with Crippen LogP contribution in [0, 0.1) is 6.92 Å². The molecule has 1 aliphatic heterocycles. The number of benzene rings is 3. The van der Waals surface area contributed by atoms with E-state index in [0.717, 1.165) is 16.9 Å². The monoisotopic (exact) mass is 386 g/mol. The molecule has 0 bridgehead atoms. The number of aryl methyl sites for hydroxylation is 1. The van der Waals surface area contributed by atoms with Crippen molar-refractivity contribution in [2.45, 2.75) is 13.3 Å². The van der Waals surface area contributed by atoms with E-state index in [0.29, 0.717) is 16.8 Å². The Bertz CT molecular complexity index is 1120.